The van der Waals surface area contributed by atoms with Gasteiger partial charge in [-0.25, -0.2) is 0 Å². The Morgan fingerprint density at radius 3 is 2.70 bits per heavy atom. The van der Waals surface area contributed by atoms with Crippen molar-refractivity contribution in [3.05, 3.63) is 17.9 Å². The summed E-state index contributed by atoms with van der Waals surface area (Å²) in [7, 11) is 0. The van der Waals surface area contributed by atoms with E-state index in [0.717, 1.165) is 0 Å². The van der Waals surface area contributed by atoms with Crippen LogP contribution >= 0.6 is 11.8 Å². The largest absolute Gasteiger partial charge is 0.445 e. The van der Waals surface area contributed by atoms with Crippen molar-refractivity contribution in [2.24, 2.45) is 5.73 Å². The number of carbonyl (C=O) groups excluding carboxylic acids is 1. The third kappa shape index (κ3) is 1.33. The standard InChI is InChI=1S/C6H7NO2S/c1-10-5-3-2-4(9-5)6(7)8/h2-3H,1H3,(H2,7,8). The summed E-state index contributed by atoms with van der Waals surface area (Å²) < 4.78 is 4.98. The maximum Gasteiger partial charge on any atom is 0.284 e. The molecule has 1 heterocycles. The van der Waals surface area contributed by atoms with Crippen molar-refractivity contribution in [2.45, 2.75) is 5.09 Å². The smallest absolute Gasteiger partial charge is 0.284 e. The molecule has 0 aliphatic rings. The van der Waals surface area contributed by atoms with E-state index in [1.165, 1.54) is 11.8 Å². The quantitative estimate of drug-likeness (QED) is 0.654. The van der Waals surface area contributed by atoms with Crippen molar-refractivity contribution in [2.75, 3.05) is 6.26 Å². The van der Waals surface area contributed by atoms with Gasteiger partial charge in [0.15, 0.2) is 10.9 Å². The molecule has 54 valence electrons. The number of amides is 1. The van der Waals surface area contributed by atoms with Crippen LogP contribution in [-0.4, -0.2) is 12.2 Å². The Kier molecular flexibility index (Phi) is 2.01. The molecule has 0 aliphatic carbocycles. The number of rotatable bonds is 2. The Morgan fingerprint density at radius 1 is 1.70 bits per heavy atom. The second-order valence-electron chi connectivity index (χ2n) is 1.69. The fraction of sp³-hybridized carbons (Fsp3) is 0.167. The summed E-state index contributed by atoms with van der Waals surface area (Å²) in [6.07, 6.45) is 1.86. The Bertz CT molecular complexity index is 244. The summed E-state index contributed by atoms with van der Waals surface area (Å²) in [5.74, 6) is -0.315. The van der Waals surface area contributed by atoms with E-state index in [1.54, 1.807) is 12.1 Å². The van der Waals surface area contributed by atoms with E-state index < -0.39 is 5.91 Å². The van der Waals surface area contributed by atoms with E-state index in [-0.39, 0.29) is 5.76 Å². The van der Waals surface area contributed by atoms with E-state index in [0.29, 0.717) is 5.09 Å². The third-order valence-corrected chi connectivity index (χ3v) is 1.65. The van der Waals surface area contributed by atoms with Crippen molar-refractivity contribution >= 4 is 17.7 Å². The number of carbonyl (C=O) groups is 1. The van der Waals surface area contributed by atoms with Crippen LogP contribution in [0.1, 0.15) is 10.6 Å². The number of nitrogens with two attached hydrogens (primary N) is 1. The minimum Gasteiger partial charge on any atom is -0.445 e. The summed E-state index contributed by atoms with van der Waals surface area (Å²) in [5, 5.41) is 0.703. The first-order valence-corrected chi connectivity index (χ1v) is 3.90. The maximum absolute atomic E-state index is 10.4. The Hall–Kier alpha value is -0.900. The molecule has 0 aliphatic heterocycles. The molecule has 0 bridgehead atoms. The van der Waals surface area contributed by atoms with Crippen LogP contribution in [0, 0.1) is 0 Å². The molecule has 1 aromatic rings. The van der Waals surface area contributed by atoms with Gasteiger partial charge in [0.05, 0.1) is 0 Å². The minimum atomic E-state index is -0.527. The molecule has 0 radical (unpaired) electrons. The average molecular weight is 157 g/mol. The molecule has 3 nitrogen and oxygen atoms in total. The Morgan fingerprint density at radius 2 is 2.40 bits per heavy atom. The predicted molar refractivity (Wildman–Crippen MR) is 39.0 cm³/mol. The normalized spacial score (nSPS) is 9.70. The molecular weight excluding hydrogens is 150 g/mol. The second-order valence-corrected chi connectivity index (χ2v) is 2.50. The van der Waals surface area contributed by atoms with Crippen LogP contribution in [0.2, 0.25) is 0 Å². The van der Waals surface area contributed by atoms with Crippen LogP contribution in [-0.2, 0) is 0 Å². The van der Waals surface area contributed by atoms with Gasteiger partial charge in [-0.3, -0.25) is 4.79 Å². The number of primary amides is 1. The molecule has 1 amide bonds. The van der Waals surface area contributed by atoms with Crippen molar-refractivity contribution in [3.8, 4) is 0 Å². The zero-order valence-corrected chi connectivity index (χ0v) is 6.27. The van der Waals surface area contributed by atoms with Crippen molar-refractivity contribution in [3.63, 3.8) is 0 Å². The molecule has 1 rings (SSSR count). The molecule has 0 spiro atoms. The van der Waals surface area contributed by atoms with E-state index >= 15 is 0 Å². The van der Waals surface area contributed by atoms with E-state index in [9.17, 15) is 4.79 Å². The summed E-state index contributed by atoms with van der Waals surface area (Å²) in [5.41, 5.74) is 4.94. The molecule has 2 N–H and O–H groups in total. The van der Waals surface area contributed by atoms with Crippen LogP contribution in [0.5, 0.6) is 0 Å². The van der Waals surface area contributed by atoms with Gasteiger partial charge in [-0.05, 0) is 18.4 Å². The summed E-state index contributed by atoms with van der Waals surface area (Å²) in [6, 6.07) is 3.28. The highest BCUT2D eigenvalue weighted by molar-refractivity contribution is 7.98. The van der Waals surface area contributed by atoms with Crippen molar-refractivity contribution in [1.29, 1.82) is 0 Å². The number of hydrogen-bond acceptors (Lipinski definition) is 3. The monoisotopic (exact) mass is 157 g/mol. The van der Waals surface area contributed by atoms with Gasteiger partial charge < -0.3 is 10.2 Å². The fourth-order valence-corrected chi connectivity index (χ4v) is 0.940. The molecule has 1 aromatic heterocycles. The Labute approximate surface area is 62.6 Å². The lowest BCUT2D eigenvalue weighted by atomic mass is 10.4. The van der Waals surface area contributed by atoms with Crippen LogP contribution in [0.4, 0.5) is 0 Å². The van der Waals surface area contributed by atoms with Gasteiger partial charge in [-0.2, -0.15) is 0 Å². The second kappa shape index (κ2) is 2.79. The lowest BCUT2D eigenvalue weighted by molar-refractivity contribution is 0.0969. The summed E-state index contributed by atoms with van der Waals surface area (Å²) >= 11 is 1.43. The van der Waals surface area contributed by atoms with Gasteiger partial charge in [0, 0.05) is 0 Å². The number of thioether (sulfide) groups is 1. The van der Waals surface area contributed by atoms with Crippen molar-refractivity contribution < 1.29 is 9.21 Å². The molecule has 0 saturated heterocycles. The van der Waals surface area contributed by atoms with Gasteiger partial charge in [-0.15, -0.1) is 0 Å². The van der Waals surface area contributed by atoms with Crippen LogP contribution in [0.3, 0.4) is 0 Å². The van der Waals surface area contributed by atoms with Crippen LogP contribution in [0.15, 0.2) is 21.6 Å². The van der Waals surface area contributed by atoms with Crippen LogP contribution < -0.4 is 5.73 Å². The van der Waals surface area contributed by atoms with Gasteiger partial charge in [0.1, 0.15) is 0 Å². The first kappa shape index (κ1) is 7.21. The topological polar surface area (TPSA) is 56.2 Å². The van der Waals surface area contributed by atoms with Crippen molar-refractivity contribution in [1.82, 2.24) is 0 Å². The molecule has 0 fully saturated rings. The zero-order valence-electron chi connectivity index (χ0n) is 5.46. The van der Waals surface area contributed by atoms with Gasteiger partial charge >= 0.3 is 0 Å². The van der Waals surface area contributed by atoms with Gasteiger partial charge in [0.2, 0.25) is 0 Å². The third-order valence-electron chi connectivity index (χ3n) is 1.03. The molecule has 0 saturated carbocycles. The van der Waals surface area contributed by atoms with Gasteiger partial charge in [-0.1, -0.05) is 11.8 Å². The lowest BCUT2D eigenvalue weighted by Gasteiger charge is -1.86. The first-order valence-electron chi connectivity index (χ1n) is 2.67. The highest BCUT2D eigenvalue weighted by Gasteiger charge is 2.04. The number of furan rings is 1. The van der Waals surface area contributed by atoms with E-state index in [1.807, 2.05) is 6.26 Å². The summed E-state index contributed by atoms with van der Waals surface area (Å²) in [6.45, 7) is 0. The zero-order chi connectivity index (χ0) is 7.56. The minimum absolute atomic E-state index is 0.212. The Balaban J connectivity index is 2.88. The average Bonchev–Trinajstić information content (AvgIpc) is 2.34. The van der Waals surface area contributed by atoms with Gasteiger partial charge in [0.25, 0.3) is 5.91 Å². The molecule has 4 heteroatoms. The molecule has 0 atom stereocenters. The maximum atomic E-state index is 10.4. The van der Waals surface area contributed by atoms with E-state index in [2.05, 4.69) is 0 Å². The summed E-state index contributed by atoms with van der Waals surface area (Å²) in [4.78, 5) is 10.4. The lowest BCUT2D eigenvalue weighted by Crippen LogP contribution is -2.08. The molecule has 10 heavy (non-hydrogen) atoms. The number of hydrogen-bond donors (Lipinski definition) is 1. The first-order chi connectivity index (χ1) is 4.74. The fourth-order valence-electron chi connectivity index (χ4n) is 0.562. The highest BCUT2D eigenvalue weighted by Crippen LogP contribution is 2.17. The van der Waals surface area contributed by atoms with E-state index in [4.69, 9.17) is 10.2 Å². The molecule has 0 unspecified atom stereocenters. The molecular formula is C6H7NO2S. The SMILES string of the molecule is CSc1ccc(C(N)=O)o1. The van der Waals surface area contributed by atoms with Crippen LogP contribution in [0.25, 0.3) is 0 Å². The molecule has 0 aromatic carbocycles. The predicted octanol–water partition coefficient (Wildman–Crippen LogP) is 1.10. The highest BCUT2D eigenvalue weighted by atomic mass is 32.2.